The number of aromatic nitrogens is 3. The van der Waals surface area contributed by atoms with Crippen LogP contribution in [0, 0.1) is 5.82 Å². The third-order valence-corrected chi connectivity index (χ3v) is 3.00. The van der Waals surface area contributed by atoms with Crippen molar-refractivity contribution in [1.82, 2.24) is 14.8 Å². The minimum Gasteiger partial charge on any atom is -0.218 e. The van der Waals surface area contributed by atoms with Crippen LogP contribution in [-0.4, -0.2) is 14.8 Å². The fourth-order valence-electron chi connectivity index (χ4n) is 1.81. The van der Waals surface area contributed by atoms with Gasteiger partial charge in [-0.2, -0.15) is 5.10 Å². The normalized spacial score (nSPS) is 10.9. The van der Waals surface area contributed by atoms with E-state index in [9.17, 15) is 4.39 Å². The lowest BCUT2D eigenvalue weighted by atomic mass is 10.2. The molecule has 0 N–H and O–H groups in total. The molecule has 0 amide bonds. The average molecular weight is 268 g/mol. The van der Waals surface area contributed by atoms with E-state index in [2.05, 4.69) is 10.1 Å². The molecule has 18 heavy (non-hydrogen) atoms. The molecule has 3 nitrogen and oxygen atoms in total. The molecular formula is C13H15ClFN3. The highest BCUT2D eigenvalue weighted by Crippen LogP contribution is 2.16. The van der Waals surface area contributed by atoms with Crippen molar-refractivity contribution in [3.8, 4) is 5.69 Å². The second-order valence-corrected chi connectivity index (χ2v) is 4.28. The van der Waals surface area contributed by atoms with E-state index in [0.717, 1.165) is 30.1 Å². The first-order valence-electron chi connectivity index (χ1n) is 5.98. The summed E-state index contributed by atoms with van der Waals surface area (Å²) in [5, 5.41) is 4.38. The van der Waals surface area contributed by atoms with Gasteiger partial charge in [-0.15, -0.1) is 11.6 Å². The Morgan fingerprint density at radius 2 is 2.00 bits per heavy atom. The van der Waals surface area contributed by atoms with E-state index in [1.165, 1.54) is 12.1 Å². The van der Waals surface area contributed by atoms with Crippen molar-refractivity contribution in [2.45, 2.75) is 32.6 Å². The van der Waals surface area contributed by atoms with Gasteiger partial charge in [0, 0.05) is 18.7 Å². The van der Waals surface area contributed by atoms with Crippen LogP contribution in [0.4, 0.5) is 4.39 Å². The molecule has 5 heteroatoms. The van der Waals surface area contributed by atoms with Crippen LogP contribution in [0.15, 0.2) is 18.2 Å². The molecule has 0 spiro atoms. The number of alkyl halides is 1. The van der Waals surface area contributed by atoms with Crippen molar-refractivity contribution in [1.29, 1.82) is 0 Å². The molecule has 1 aromatic heterocycles. The second kappa shape index (κ2) is 5.48. The second-order valence-electron chi connectivity index (χ2n) is 4.01. The molecule has 96 valence electrons. The Morgan fingerprint density at radius 1 is 1.22 bits per heavy atom. The quantitative estimate of drug-likeness (QED) is 0.796. The minimum absolute atomic E-state index is 0.279. The fraction of sp³-hybridized carbons (Fsp3) is 0.385. The van der Waals surface area contributed by atoms with Gasteiger partial charge in [0.05, 0.1) is 5.69 Å². The monoisotopic (exact) mass is 267 g/mol. The van der Waals surface area contributed by atoms with Crippen molar-refractivity contribution in [3.05, 3.63) is 41.2 Å². The van der Waals surface area contributed by atoms with Crippen LogP contribution >= 0.6 is 11.6 Å². The van der Waals surface area contributed by atoms with Gasteiger partial charge in [-0.05, 0) is 23.8 Å². The van der Waals surface area contributed by atoms with E-state index in [1.807, 2.05) is 19.9 Å². The van der Waals surface area contributed by atoms with Crippen LogP contribution in [-0.2, 0) is 18.7 Å². The average Bonchev–Trinajstić information content (AvgIpc) is 2.81. The molecule has 0 saturated carbocycles. The lowest BCUT2D eigenvalue weighted by molar-refractivity contribution is 0.623. The summed E-state index contributed by atoms with van der Waals surface area (Å²) in [6.07, 6.45) is 1.51. The van der Waals surface area contributed by atoms with Gasteiger partial charge in [-0.25, -0.2) is 14.1 Å². The molecule has 0 saturated heterocycles. The minimum atomic E-state index is -0.307. The van der Waals surface area contributed by atoms with Gasteiger partial charge in [0.2, 0.25) is 0 Å². The first-order valence-corrected chi connectivity index (χ1v) is 6.52. The first-order chi connectivity index (χ1) is 8.67. The maximum atomic E-state index is 13.5. The number of hydrogen-bond acceptors (Lipinski definition) is 2. The molecule has 0 aliphatic carbocycles. The van der Waals surface area contributed by atoms with Gasteiger partial charge in [-0.3, -0.25) is 0 Å². The van der Waals surface area contributed by atoms with Gasteiger partial charge in [0.25, 0.3) is 0 Å². The summed E-state index contributed by atoms with van der Waals surface area (Å²) >= 11 is 5.75. The number of nitrogens with zero attached hydrogens (tertiary/aromatic N) is 3. The predicted molar refractivity (Wildman–Crippen MR) is 69.6 cm³/mol. The molecule has 1 heterocycles. The molecule has 0 aliphatic heterocycles. The summed E-state index contributed by atoms with van der Waals surface area (Å²) in [5.74, 6) is 1.57. The molecule has 0 fully saturated rings. The zero-order valence-electron chi connectivity index (χ0n) is 10.5. The summed E-state index contributed by atoms with van der Waals surface area (Å²) < 4.78 is 15.2. The van der Waals surface area contributed by atoms with Gasteiger partial charge in [-0.1, -0.05) is 13.8 Å². The number of hydrogen-bond donors (Lipinski definition) is 0. The Labute approximate surface area is 111 Å². The highest BCUT2D eigenvalue weighted by atomic mass is 35.5. The van der Waals surface area contributed by atoms with Crippen LogP contribution in [0.5, 0.6) is 0 Å². The van der Waals surface area contributed by atoms with Crippen LogP contribution in [0.1, 0.15) is 31.1 Å². The maximum absolute atomic E-state index is 13.5. The van der Waals surface area contributed by atoms with Gasteiger partial charge in [0.15, 0.2) is 5.82 Å². The Morgan fingerprint density at radius 3 is 2.61 bits per heavy atom. The van der Waals surface area contributed by atoms with Crippen LogP contribution in [0.3, 0.4) is 0 Å². The predicted octanol–water partition coefficient (Wildman–Crippen LogP) is 3.27. The van der Waals surface area contributed by atoms with E-state index in [0.29, 0.717) is 5.69 Å². The van der Waals surface area contributed by atoms with Gasteiger partial charge < -0.3 is 0 Å². The number of aryl methyl sites for hydroxylation is 2. The van der Waals surface area contributed by atoms with Crippen molar-refractivity contribution in [3.63, 3.8) is 0 Å². The first kappa shape index (κ1) is 13.0. The molecule has 0 atom stereocenters. The number of rotatable bonds is 4. The zero-order valence-corrected chi connectivity index (χ0v) is 11.2. The largest absolute Gasteiger partial charge is 0.218 e. The standard InChI is InChI=1S/C13H15ClFN3/c1-3-12-16-13(4-2)18(17-12)11-6-9(8-14)5-10(15)7-11/h5-7H,3-4,8H2,1-2H3. The van der Waals surface area contributed by atoms with Crippen molar-refractivity contribution < 1.29 is 4.39 Å². The number of benzene rings is 1. The summed E-state index contributed by atoms with van der Waals surface area (Å²) in [4.78, 5) is 4.41. The Hall–Kier alpha value is -1.42. The molecule has 2 rings (SSSR count). The van der Waals surface area contributed by atoms with Crippen LogP contribution in [0.2, 0.25) is 0 Å². The van der Waals surface area contributed by atoms with Gasteiger partial charge >= 0.3 is 0 Å². The van der Waals surface area contributed by atoms with Crippen molar-refractivity contribution in [2.24, 2.45) is 0 Å². The van der Waals surface area contributed by atoms with Gasteiger partial charge in [0.1, 0.15) is 11.6 Å². The Balaban J connectivity index is 2.53. The van der Waals surface area contributed by atoms with Crippen molar-refractivity contribution >= 4 is 11.6 Å². The summed E-state index contributed by atoms with van der Waals surface area (Å²) in [6.45, 7) is 4.00. The highest BCUT2D eigenvalue weighted by Gasteiger charge is 2.10. The van der Waals surface area contributed by atoms with Crippen molar-refractivity contribution in [2.75, 3.05) is 0 Å². The van der Waals surface area contributed by atoms with E-state index in [1.54, 1.807) is 4.68 Å². The lowest BCUT2D eigenvalue weighted by Gasteiger charge is -2.06. The van der Waals surface area contributed by atoms with Crippen LogP contribution < -0.4 is 0 Å². The molecule has 1 aromatic carbocycles. The van der Waals surface area contributed by atoms with Crippen LogP contribution in [0.25, 0.3) is 5.69 Å². The third-order valence-electron chi connectivity index (χ3n) is 2.69. The molecule has 0 radical (unpaired) electrons. The molecular weight excluding hydrogens is 253 g/mol. The van der Waals surface area contributed by atoms with E-state index in [-0.39, 0.29) is 11.7 Å². The van der Waals surface area contributed by atoms with E-state index < -0.39 is 0 Å². The smallest absolute Gasteiger partial charge is 0.151 e. The lowest BCUT2D eigenvalue weighted by Crippen LogP contribution is -2.03. The third kappa shape index (κ3) is 2.53. The summed E-state index contributed by atoms with van der Waals surface area (Å²) in [5.41, 5.74) is 1.41. The molecule has 0 aliphatic rings. The summed E-state index contributed by atoms with van der Waals surface area (Å²) in [7, 11) is 0. The van der Waals surface area contributed by atoms with E-state index in [4.69, 9.17) is 11.6 Å². The van der Waals surface area contributed by atoms with E-state index >= 15 is 0 Å². The zero-order chi connectivity index (χ0) is 13.1. The maximum Gasteiger partial charge on any atom is 0.151 e. The Bertz CT molecular complexity index is 551. The SMILES string of the molecule is CCc1nc(CC)n(-c2cc(F)cc(CCl)c2)n1. The topological polar surface area (TPSA) is 30.7 Å². The molecule has 2 aromatic rings. The fourth-order valence-corrected chi connectivity index (χ4v) is 1.96. The Kier molecular flexibility index (Phi) is 3.97. The molecule has 0 unspecified atom stereocenters. The molecule has 0 bridgehead atoms. The number of halogens is 2. The highest BCUT2D eigenvalue weighted by molar-refractivity contribution is 6.17. The summed E-state index contributed by atoms with van der Waals surface area (Å²) in [6, 6.07) is 4.71.